The van der Waals surface area contributed by atoms with E-state index >= 15 is 0 Å². The smallest absolute Gasteiger partial charge is 0.223 e. The fourth-order valence-electron chi connectivity index (χ4n) is 3.36. The van der Waals surface area contributed by atoms with Crippen molar-refractivity contribution in [2.45, 2.75) is 57.9 Å². The van der Waals surface area contributed by atoms with Gasteiger partial charge in [0.15, 0.2) is 0 Å². The minimum atomic E-state index is 0.348. The molecule has 2 aliphatic heterocycles. The molecule has 2 fully saturated rings. The fourth-order valence-corrected chi connectivity index (χ4v) is 3.36. The van der Waals surface area contributed by atoms with Crippen molar-refractivity contribution >= 4 is 5.91 Å². The second-order valence-electron chi connectivity index (χ2n) is 6.26. The van der Waals surface area contributed by atoms with Crippen LogP contribution in [-0.2, 0) is 4.79 Å². The molecule has 0 spiro atoms. The number of hydrogen-bond donors (Lipinski definition) is 1. The molecular formula is C16H31N3O. The molecule has 4 nitrogen and oxygen atoms in total. The lowest BCUT2D eigenvalue weighted by atomic mass is 10.0. The van der Waals surface area contributed by atoms with E-state index in [4.69, 9.17) is 0 Å². The van der Waals surface area contributed by atoms with Crippen LogP contribution in [0.1, 0.15) is 51.9 Å². The van der Waals surface area contributed by atoms with Crippen LogP contribution in [0, 0.1) is 0 Å². The lowest BCUT2D eigenvalue weighted by Gasteiger charge is -2.32. The standard InChI is InChI=1S/C16H31N3O/c1-2-10-18-13-7-15(8-14-18)17-9-6-16(20)19-11-4-3-5-12-19/h15,17H,2-14H2,1H3. The minimum absolute atomic E-state index is 0.348. The Kier molecular flexibility index (Phi) is 6.80. The third-order valence-corrected chi connectivity index (χ3v) is 4.61. The van der Waals surface area contributed by atoms with E-state index in [1.54, 1.807) is 0 Å². The fraction of sp³-hybridized carbons (Fsp3) is 0.938. The van der Waals surface area contributed by atoms with Crippen LogP contribution < -0.4 is 5.32 Å². The van der Waals surface area contributed by atoms with Crippen molar-refractivity contribution in [1.29, 1.82) is 0 Å². The van der Waals surface area contributed by atoms with Crippen LogP contribution in [0.5, 0.6) is 0 Å². The average Bonchev–Trinajstić information content (AvgIpc) is 2.50. The van der Waals surface area contributed by atoms with Gasteiger partial charge in [0.25, 0.3) is 0 Å². The SMILES string of the molecule is CCCN1CCC(NCCC(=O)N2CCCCC2)CC1. The van der Waals surface area contributed by atoms with Gasteiger partial charge in [-0.05, 0) is 58.2 Å². The van der Waals surface area contributed by atoms with Gasteiger partial charge < -0.3 is 15.1 Å². The zero-order valence-corrected chi connectivity index (χ0v) is 13.1. The molecule has 0 aliphatic carbocycles. The number of amides is 1. The van der Waals surface area contributed by atoms with Crippen molar-refractivity contribution < 1.29 is 4.79 Å². The highest BCUT2D eigenvalue weighted by atomic mass is 16.2. The van der Waals surface area contributed by atoms with Gasteiger partial charge >= 0.3 is 0 Å². The zero-order valence-electron chi connectivity index (χ0n) is 13.1. The maximum atomic E-state index is 12.1. The van der Waals surface area contributed by atoms with E-state index in [1.807, 2.05) is 0 Å². The lowest BCUT2D eigenvalue weighted by molar-refractivity contribution is -0.132. The van der Waals surface area contributed by atoms with Gasteiger partial charge in [0.1, 0.15) is 0 Å². The summed E-state index contributed by atoms with van der Waals surface area (Å²) in [5, 5.41) is 3.58. The van der Waals surface area contributed by atoms with E-state index in [2.05, 4.69) is 22.0 Å². The summed E-state index contributed by atoms with van der Waals surface area (Å²) in [6.07, 6.45) is 8.07. The molecule has 20 heavy (non-hydrogen) atoms. The summed E-state index contributed by atoms with van der Waals surface area (Å²) in [4.78, 5) is 16.7. The van der Waals surface area contributed by atoms with Crippen molar-refractivity contribution in [3.63, 3.8) is 0 Å². The minimum Gasteiger partial charge on any atom is -0.343 e. The monoisotopic (exact) mass is 281 g/mol. The number of nitrogens with one attached hydrogen (secondary N) is 1. The zero-order chi connectivity index (χ0) is 14.2. The molecule has 0 aromatic heterocycles. The molecular weight excluding hydrogens is 250 g/mol. The summed E-state index contributed by atoms with van der Waals surface area (Å²) in [6, 6.07) is 0.622. The second-order valence-corrected chi connectivity index (χ2v) is 6.26. The van der Waals surface area contributed by atoms with Crippen molar-refractivity contribution in [3.05, 3.63) is 0 Å². The second kappa shape index (κ2) is 8.63. The Balaban J connectivity index is 1.56. The molecule has 116 valence electrons. The molecule has 0 saturated carbocycles. The Morgan fingerprint density at radius 2 is 1.80 bits per heavy atom. The molecule has 1 N–H and O–H groups in total. The molecule has 0 unspecified atom stereocenters. The molecule has 0 bridgehead atoms. The molecule has 2 heterocycles. The third kappa shape index (κ3) is 5.06. The molecule has 0 aromatic rings. The number of nitrogens with zero attached hydrogens (tertiary/aromatic N) is 2. The van der Waals surface area contributed by atoms with E-state index in [0.717, 1.165) is 19.6 Å². The van der Waals surface area contributed by atoms with Gasteiger partial charge in [-0.2, -0.15) is 0 Å². The molecule has 0 radical (unpaired) electrons. The Bertz CT molecular complexity index is 281. The number of carbonyl (C=O) groups excluding carboxylic acids is 1. The maximum Gasteiger partial charge on any atom is 0.223 e. The molecule has 2 rings (SSSR count). The van der Waals surface area contributed by atoms with Crippen LogP contribution in [-0.4, -0.2) is 61.0 Å². The van der Waals surface area contributed by atoms with E-state index in [0.29, 0.717) is 18.4 Å². The highest BCUT2D eigenvalue weighted by Crippen LogP contribution is 2.12. The molecule has 0 aromatic carbocycles. The van der Waals surface area contributed by atoms with Crippen LogP contribution >= 0.6 is 0 Å². The van der Waals surface area contributed by atoms with Crippen LogP contribution in [0.2, 0.25) is 0 Å². The summed E-state index contributed by atoms with van der Waals surface area (Å²) in [5.41, 5.74) is 0. The molecule has 1 amide bonds. The predicted molar refractivity (Wildman–Crippen MR) is 82.8 cm³/mol. The van der Waals surface area contributed by atoms with Crippen LogP contribution in [0.4, 0.5) is 0 Å². The van der Waals surface area contributed by atoms with Crippen LogP contribution in [0.25, 0.3) is 0 Å². The Hall–Kier alpha value is -0.610. The van der Waals surface area contributed by atoms with Crippen molar-refractivity contribution in [2.24, 2.45) is 0 Å². The van der Waals surface area contributed by atoms with E-state index in [1.165, 1.54) is 58.2 Å². The lowest BCUT2D eigenvalue weighted by Crippen LogP contribution is -2.44. The number of carbonyl (C=O) groups is 1. The third-order valence-electron chi connectivity index (χ3n) is 4.61. The Morgan fingerprint density at radius 1 is 1.10 bits per heavy atom. The van der Waals surface area contributed by atoms with Gasteiger partial charge in [-0.15, -0.1) is 0 Å². The van der Waals surface area contributed by atoms with E-state index < -0.39 is 0 Å². The van der Waals surface area contributed by atoms with Crippen molar-refractivity contribution in [3.8, 4) is 0 Å². The number of piperidine rings is 2. The van der Waals surface area contributed by atoms with Gasteiger partial charge in [0, 0.05) is 32.1 Å². The number of likely N-dealkylation sites (tertiary alicyclic amines) is 2. The first-order chi connectivity index (χ1) is 9.79. The summed E-state index contributed by atoms with van der Waals surface area (Å²) < 4.78 is 0. The largest absolute Gasteiger partial charge is 0.343 e. The molecule has 2 aliphatic rings. The highest BCUT2D eigenvalue weighted by Gasteiger charge is 2.19. The van der Waals surface area contributed by atoms with Gasteiger partial charge in [-0.3, -0.25) is 4.79 Å². The van der Waals surface area contributed by atoms with E-state index in [-0.39, 0.29) is 0 Å². The van der Waals surface area contributed by atoms with Crippen LogP contribution in [0.15, 0.2) is 0 Å². The summed E-state index contributed by atoms with van der Waals surface area (Å²) >= 11 is 0. The van der Waals surface area contributed by atoms with Gasteiger partial charge in [-0.25, -0.2) is 0 Å². The topological polar surface area (TPSA) is 35.6 Å². The Morgan fingerprint density at radius 3 is 2.45 bits per heavy atom. The first-order valence-corrected chi connectivity index (χ1v) is 8.53. The van der Waals surface area contributed by atoms with Gasteiger partial charge in [0.2, 0.25) is 5.91 Å². The molecule has 0 atom stereocenters. The van der Waals surface area contributed by atoms with E-state index in [9.17, 15) is 4.79 Å². The number of hydrogen-bond acceptors (Lipinski definition) is 3. The number of rotatable bonds is 6. The van der Waals surface area contributed by atoms with Gasteiger partial charge in [0.05, 0.1) is 0 Å². The normalized spacial score (nSPS) is 22.1. The summed E-state index contributed by atoms with van der Waals surface area (Å²) in [5.74, 6) is 0.348. The summed E-state index contributed by atoms with van der Waals surface area (Å²) in [7, 11) is 0. The quantitative estimate of drug-likeness (QED) is 0.807. The van der Waals surface area contributed by atoms with Crippen LogP contribution in [0.3, 0.4) is 0 Å². The Labute approximate surface area is 123 Å². The summed E-state index contributed by atoms with van der Waals surface area (Å²) in [6.45, 7) is 8.73. The van der Waals surface area contributed by atoms with Crippen molar-refractivity contribution in [2.75, 3.05) is 39.3 Å². The first-order valence-electron chi connectivity index (χ1n) is 8.53. The van der Waals surface area contributed by atoms with Crippen molar-refractivity contribution in [1.82, 2.24) is 15.1 Å². The predicted octanol–water partition coefficient (Wildman–Crippen LogP) is 1.85. The molecule has 4 heteroatoms. The highest BCUT2D eigenvalue weighted by molar-refractivity contribution is 5.76. The molecule has 2 saturated heterocycles. The first kappa shape index (κ1) is 15.8. The average molecular weight is 281 g/mol. The maximum absolute atomic E-state index is 12.1. The van der Waals surface area contributed by atoms with Gasteiger partial charge in [-0.1, -0.05) is 6.92 Å².